The molecule has 2 heterocycles. The van der Waals surface area contributed by atoms with Gasteiger partial charge in [0.05, 0.1) is 28.9 Å². The minimum atomic E-state index is -0.531. The lowest BCUT2D eigenvalue weighted by molar-refractivity contribution is -0.117. The maximum absolute atomic E-state index is 11.7. The minimum absolute atomic E-state index is 0.00565. The van der Waals surface area contributed by atoms with E-state index in [0.29, 0.717) is 17.8 Å². The third-order valence-corrected chi connectivity index (χ3v) is 4.79. The number of carbonyl (C=O) groups is 1. The van der Waals surface area contributed by atoms with E-state index >= 15 is 0 Å². The zero-order chi connectivity index (χ0) is 14.0. The number of amides is 1. The normalized spacial score (nSPS) is 33.3. The Bertz CT molecular complexity index is 447. The van der Waals surface area contributed by atoms with Gasteiger partial charge >= 0.3 is 0 Å². The van der Waals surface area contributed by atoms with Crippen molar-refractivity contribution in [2.24, 2.45) is 0 Å². The molecule has 1 amide bonds. The van der Waals surface area contributed by atoms with Crippen molar-refractivity contribution in [2.75, 3.05) is 6.61 Å². The molecule has 0 saturated carbocycles. The number of allylic oxidation sites excluding steroid dienone is 1. The third kappa shape index (κ3) is 2.70. The van der Waals surface area contributed by atoms with Gasteiger partial charge in [-0.05, 0) is 13.0 Å². The second-order valence-electron chi connectivity index (χ2n) is 4.44. The fourth-order valence-corrected chi connectivity index (χ4v) is 3.58. The number of nitrogens with one attached hydrogen (secondary N) is 1. The van der Waals surface area contributed by atoms with Crippen molar-refractivity contribution in [1.29, 1.82) is 0 Å². The fraction of sp³-hybridized carbons (Fsp3) is 0.462. The molecule has 0 aromatic carbocycles. The van der Waals surface area contributed by atoms with Gasteiger partial charge in [-0.3, -0.25) is 4.79 Å². The van der Waals surface area contributed by atoms with E-state index in [1.807, 2.05) is 17.9 Å². The number of hydrogen-bond acceptors (Lipinski definition) is 5. The van der Waals surface area contributed by atoms with E-state index in [0.717, 1.165) is 0 Å². The number of aliphatic hydroxyl groups excluding tert-OH is 2. The third-order valence-electron chi connectivity index (χ3n) is 3.25. The van der Waals surface area contributed by atoms with Gasteiger partial charge in [0.2, 0.25) is 0 Å². The Kier molecular flexibility index (Phi) is 4.34. The zero-order valence-corrected chi connectivity index (χ0v) is 11.6. The summed E-state index contributed by atoms with van der Waals surface area (Å²) in [5.41, 5.74) is 0.494. The summed E-state index contributed by atoms with van der Waals surface area (Å²) in [6.07, 6.45) is 5.08. The molecule has 6 heteroatoms. The summed E-state index contributed by atoms with van der Waals surface area (Å²) in [6, 6.07) is 0. The Morgan fingerprint density at radius 2 is 2.42 bits per heavy atom. The molecule has 5 nitrogen and oxygen atoms in total. The molecule has 3 unspecified atom stereocenters. The molecule has 2 rings (SSSR count). The molecule has 0 bridgehead atoms. The quantitative estimate of drug-likeness (QED) is 0.704. The summed E-state index contributed by atoms with van der Waals surface area (Å²) in [6.45, 7) is 5.41. The van der Waals surface area contributed by atoms with Crippen LogP contribution in [0.1, 0.15) is 13.3 Å². The van der Waals surface area contributed by atoms with Crippen LogP contribution in [0.4, 0.5) is 0 Å². The van der Waals surface area contributed by atoms with Crippen LogP contribution in [0.2, 0.25) is 0 Å². The molecule has 1 fully saturated rings. The van der Waals surface area contributed by atoms with Crippen LogP contribution < -0.4 is 5.32 Å². The topological polar surface area (TPSA) is 72.8 Å². The molecule has 0 aliphatic carbocycles. The summed E-state index contributed by atoms with van der Waals surface area (Å²) in [4.78, 5) is 13.6. The van der Waals surface area contributed by atoms with Gasteiger partial charge in [-0.2, -0.15) is 0 Å². The maximum atomic E-state index is 11.7. The summed E-state index contributed by atoms with van der Waals surface area (Å²) < 4.78 is 0. The Balaban J connectivity index is 2.24. The lowest BCUT2D eigenvalue weighted by Crippen LogP contribution is -2.41. The molecule has 0 aromatic rings. The van der Waals surface area contributed by atoms with Crippen molar-refractivity contribution in [1.82, 2.24) is 10.2 Å². The van der Waals surface area contributed by atoms with Gasteiger partial charge in [0.1, 0.15) is 5.82 Å². The molecule has 3 N–H and O–H groups in total. The predicted octanol–water partition coefficient (Wildman–Crippen LogP) is 0.534. The highest BCUT2D eigenvalue weighted by molar-refractivity contribution is 8.00. The van der Waals surface area contributed by atoms with E-state index in [-0.39, 0.29) is 23.1 Å². The average molecular weight is 282 g/mol. The second-order valence-corrected chi connectivity index (χ2v) is 5.86. The molecular weight excluding hydrogens is 264 g/mol. The molecule has 0 aromatic heterocycles. The highest BCUT2D eigenvalue weighted by atomic mass is 32.2. The first kappa shape index (κ1) is 14.2. The van der Waals surface area contributed by atoms with Gasteiger partial charge < -0.3 is 20.4 Å². The predicted molar refractivity (Wildman–Crippen MR) is 74.9 cm³/mol. The highest BCUT2D eigenvalue weighted by Crippen LogP contribution is 2.38. The molecule has 104 valence electrons. The zero-order valence-electron chi connectivity index (χ0n) is 10.7. The largest absolute Gasteiger partial charge is 0.395 e. The molecule has 0 spiro atoms. The van der Waals surface area contributed by atoms with Gasteiger partial charge in [-0.25, -0.2) is 0 Å². The van der Waals surface area contributed by atoms with Crippen LogP contribution in [0.15, 0.2) is 36.3 Å². The summed E-state index contributed by atoms with van der Waals surface area (Å²) in [5, 5.41) is 21.7. The van der Waals surface area contributed by atoms with Gasteiger partial charge in [-0.15, -0.1) is 11.8 Å². The van der Waals surface area contributed by atoms with Crippen LogP contribution in [-0.4, -0.2) is 44.4 Å². The first-order valence-electron chi connectivity index (χ1n) is 6.15. The molecular formula is C13H18N2O3S. The van der Waals surface area contributed by atoms with Crippen molar-refractivity contribution in [2.45, 2.75) is 30.1 Å². The van der Waals surface area contributed by atoms with Gasteiger partial charge in [-0.1, -0.05) is 12.7 Å². The first-order chi connectivity index (χ1) is 9.10. The molecule has 3 atom stereocenters. The molecule has 19 heavy (non-hydrogen) atoms. The summed E-state index contributed by atoms with van der Waals surface area (Å²) >= 11 is 1.51. The van der Waals surface area contributed by atoms with E-state index in [4.69, 9.17) is 0 Å². The Hall–Kier alpha value is -1.24. The molecule has 0 radical (unpaired) electrons. The Morgan fingerprint density at radius 1 is 1.68 bits per heavy atom. The van der Waals surface area contributed by atoms with Crippen LogP contribution in [-0.2, 0) is 4.79 Å². The number of thioether (sulfide) groups is 1. The number of carbonyl (C=O) groups excluding carboxylic acids is 1. The highest BCUT2D eigenvalue weighted by Gasteiger charge is 2.38. The monoisotopic (exact) mass is 282 g/mol. The number of aliphatic hydroxyl groups is 2. The van der Waals surface area contributed by atoms with Crippen molar-refractivity contribution < 1.29 is 15.0 Å². The lowest BCUT2D eigenvalue weighted by atomic mass is 10.1. The average Bonchev–Trinajstić information content (AvgIpc) is 2.79. The second kappa shape index (κ2) is 5.81. The van der Waals surface area contributed by atoms with E-state index in [2.05, 4.69) is 11.9 Å². The van der Waals surface area contributed by atoms with E-state index in [9.17, 15) is 15.0 Å². The van der Waals surface area contributed by atoms with Crippen molar-refractivity contribution >= 4 is 17.7 Å². The van der Waals surface area contributed by atoms with Crippen molar-refractivity contribution in [3.63, 3.8) is 0 Å². The molecule has 2 aliphatic rings. The number of hydrogen-bond donors (Lipinski definition) is 3. The van der Waals surface area contributed by atoms with E-state index in [1.54, 1.807) is 6.20 Å². The van der Waals surface area contributed by atoms with Gasteiger partial charge in [0, 0.05) is 12.6 Å². The van der Waals surface area contributed by atoms with Crippen LogP contribution in [0.25, 0.3) is 0 Å². The maximum Gasteiger partial charge on any atom is 0.258 e. The molecule has 1 saturated heterocycles. The lowest BCUT2D eigenvalue weighted by Gasteiger charge is -2.33. The van der Waals surface area contributed by atoms with E-state index in [1.165, 1.54) is 17.8 Å². The van der Waals surface area contributed by atoms with Crippen LogP contribution in [0.5, 0.6) is 0 Å². The van der Waals surface area contributed by atoms with Crippen molar-refractivity contribution in [3.05, 3.63) is 36.3 Å². The smallest absolute Gasteiger partial charge is 0.258 e. The van der Waals surface area contributed by atoms with Gasteiger partial charge in [0.25, 0.3) is 5.91 Å². The van der Waals surface area contributed by atoms with Crippen LogP contribution in [0.3, 0.4) is 0 Å². The van der Waals surface area contributed by atoms with E-state index < -0.39 is 6.10 Å². The molecule has 2 aliphatic heterocycles. The minimum Gasteiger partial charge on any atom is -0.395 e. The van der Waals surface area contributed by atoms with Crippen LogP contribution in [0, 0.1) is 0 Å². The first-order valence-corrected chi connectivity index (χ1v) is 7.09. The summed E-state index contributed by atoms with van der Waals surface area (Å²) in [7, 11) is 0. The van der Waals surface area contributed by atoms with Crippen LogP contribution >= 0.6 is 11.8 Å². The Morgan fingerprint density at radius 3 is 2.95 bits per heavy atom. The number of rotatable bonds is 3. The summed E-state index contributed by atoms with van der Waals surface area (Å²) in [5.74, 6) is 0.514. The number of nitrogens with zero attached hydrogens (tertiary/aromatic N) is 1. The SMILES string of the molecule is C=CC1=CN(C2CC(O)C(CO)S2)C(=CC)NC1=O. The standard InChI is InChI=1S/C13H18N2O3S/c1-3-8-6-15(11(4-2)14-13(8)18)12-5-9(17)10(7-16)19-12/h3-4,6,9-10,12,16-17H,1,5,7H2,2H3,(H,14,18). The Labute approximate surface area is 116 Å². The van der Waals surface area contributed by atoms with Gasteiger partial charge in [0.15, 0.2) is 0 Å². The fourth-order valence-electron chi connectivity index (χ4n) is 2.19. The van der Waals surface area contributed by atoms with Crippen molar-refractivity contribution in [3.8, 4) is 0 Å².